The lowest BCUT2D eigenvalue weighted by molar-refractivity contribution is -0.120. The van der Waals surface area contributed by atoms with Crippen LogP contribution in [0.1, 0.15) is 18.1 Å². The van der Waals surface area contributed by atoms with Gasteiger partial charge in [0, 0.05) is 18.8 Å². The van der Waals surface area contributed by atoms with Crippen LogP contribution in [0.2, 0.25) is 0 Å². The number of hydrogen-bond donors (Lipinski definition) is 2. The van der Waals surface area contributed by atoms with E-state index in [2.05, 4.69) is 41.5 Å². The fraction of sp³-hybridized carbons (Fsp3) is 0.235. The number of hydrogen-bond acceptors (Lipinski definition) is 3. The van der Waals surface area contributed by atoms with Crippen LogP contribution in [0.5, 0.6) is 0 Å². The van der Waals surface area contributed by atoms with Crippen LogP contribution in [0.4, 0.5) is 5.69 Å². The van der Waals surface area contributed by atoms with Crippen molar-refractivity contribution in [3.63, 3.8) is 0 Å². The van der Waals surface area contributed by atoms with Crippen LogP contribution in [-0.4, -0.2) is 12.5 Å². The maximum Gasteiger partial charge on any atom is 0.238 e. The van der Waals surface area contributed by atoms with Crippen molar-refractivity contribution in [1.29, 1.82) is 0 Å². The molecule has 0 atom stereocenters. The summed E-state index contributed by atoms with van der Waals surface area (Å²) in [6.45, 7) is 3.94. The summed E-state index contributed by atoms with van der Waals surface area (Å²) in [5.74, 6) is 4.91. The van der Waals surface area contributed by atoms with E-state index in [1.54, 1.807) is 0 Å². The summed E-state index contributed by atoms with van der Waals surface area (Å²) in [7, 11) is 0. The molecule has 1 amide bonds. The van der Waals surface area contributed by atoms with Crippen LogP contribution in [0, 0.1) is 0 Å². The quantitative estimate of drug-likeness (QED) is 0.485. The van der Waals surface area contributed by atoms with E-state index in [4.69, 9.17) is 5.84 Å². The smallest absolute Gasteiger partial charge is 0.238 e. The highest BCUT2D eigenvalue weighted by molar-refractivity contribution is 5.77. The molecule has 0 aliphatic heterocycles. The second kappa shape index (κ2) is 7.45. The Morgan fingerprint density at radius 1 is 1.05 bits per heavy atom. The molecule has 0 bridgehead atoms. The first-order valence-corrected chi connectivity index (χ1v) is 7.10. The zero-order valence-corrected chi connectivity index (χ0v) is 12.3. The third kappa shape index (κ3) is 4.33. The number of nitrogens with one attached hydrogen (secondary N) is 1. The number of benzene rings is 2. The molecule has 2 aromatic rings. The summed E-state index contributed by atoms with van der Waals surface area (Å²) in [5, 5.41) is 0. The Hall–Kier alpha value is -2.33. The molecule has 4 heteroatoms. The minimum Gasteiger partial charge on any atom is -0.367 e. The SMILES string of the molecule is CCN(Cc1ccc(CC(=O)NN)cc1)c1ccccc1. The van der Waals surface area contributed by atoms with Gasteiger partial charge in [0.05, 0.1) is 6.42 Å². The zero-order valence-electron chi connectivity index (χ0n) is 12.3. The molecular formula is C17H21N3O. The minimum absolute atomic E-state index is 0.178. The van der Waals surface area contributed by atoms with Crippen molar-refractivity contribution in [3.05, 3.63) is 65.7 Å². The predicted octanol–water partition coefficient (Wildman–Crippen LogP) is 2.25. The minimum atomic E-state index is -0.178. The van der Waals surface area contributed by atoms with Crippen LogP contribution in [0.3, 0.4) is 0 Å². The Morgan fingerprint density at radius 2 is 1.67 bits per heavy atom. The van der Waals surface area contributed by atoms with Gasteiger partial charge in [-0.15, -0.1) is 0 Å². The van der Waals surface area contributed by atoms with Crippen molar-refractivity contribution in [1.82, 2.24) is 5.43 Å². The van der Waals surface area contributed by atoms with Crippen LogP contribution in [0.15, 0.2) is 54.6 Å². The van der Waals surface area contributed by atoms with Crippen molar-refractivity contribution < 1.29 is 4.79 Å². The highest BCUT2D eigenvalue weighted by Crippen LogP contribution is 2.16. The van der Waals surface area contributed by atoms with Crippen molar-refractivity contribution in [3.8, 4) is 0 Å². The van der Waals surface area contributed by atoms with Gasteiger partial charge < -0.3 is 4.90 Å². The average molecular weight is 283 g/mol. The van der Waals surface area contributed by atoms with Gasteiger partial charge >= 0.3 is 0 Å². The van der Waals surface area contributed by atoms with Crippen molar-refractivity contribution in [2.24, 2.45) is 5.84 Å². The summed E-state index contributed by atoms with van der Waals surface area (Å²) in [6, 6.07) is 18.4. The Labute approximate surface area is 125 Å². The number of carbonyl (C=O) groups is 1. The van der Waals surface area contributed by atoms with Gasteiger partial charge in [-0.1, -0.05) is 42.5 Å². The lowest BCUT2D eigenvalue weighted by atomic mass is 10.1. The highest BCUT2D eigenvalue weighted by Gasteiger charge is 2.06. The summed E-state index contributed by atoms with van der Waals surface area (Å²) >= 11 is 0. The Balaban J connectivity index is 2.03. The molecule has 110 valence electrons. The molecule has 3 N–H and O–H groups in total. The van der Waals surface area contributed by atoms with E-state index < -0.39 is 0 Å². The maximum absolute atomic E-state index is 11.2. The molecule has 0 fully saturated rings. The van der Waals surface area contributed by atoms with Crippen molar-refractivity contribution >= 4 is 11.6 Å². The number of nitrogens with zero attached hydrogens (tertiary/aromatic N) is 1. The number of para-hydroxylation sites is 1. The molecule has 0 radical (unpaired) electrons. The average Bonchev–Trinajstić information content (AvgIpc) is 2.54. The molecule has 0 aliphatic carbocycles. The molecule has 0 aliphatic rings. The molecule has 0 aromatic heterocycles. The number of amides is 1. The van der Waals surface area contributed by atoms with E-state index in [1.165, 1.54) is 11.3 Å². The molecular weight excluding hydrogens is 262 g/mol. The third-order valence-electron chi connectivity index (χ3n) is 3.43. The van der Waals surface area contributed by atoms with E-state index >= 15 is 0 Å². The molecule has 2 rings (SSSR count). The van der Waals surface area contributed by atoms with Gasteiger partial charge in [0.15, 0.2) is 0 Å². The van der Waals surface area contributed by atoms with Gasteiger partial charge in [0.1, 0.15) is 0 Å². The van der Waals surface area contributed by atoms with Crippen LogP contribution < -0.4 is 16.2 Å². The van der Waals surface area contributed by atoms with E-state index in [0.29, 0.717) is 6.42 Å². The summed E-state index contributed by atoms with van der Waals surface area (Å²) < 4.78 is 0. The van der Waals surface area contributed by atoms with Gasteiger partial charge in [0.2, 0.25) is 5.91 Å². The second-order valence-electron chi connectivity index (χ2n) is 4.91. The fourth-order valence-corrected chi connectivity index (χ4v) is 2.24. The molecule has 21 heavy (non-hydrogen) atoms. The van der Waals surface area contributed by atoms with Gasteiger partial charge in [-0.3, -0.25) is 10.2 Å². The maximum atomic E-state index is 11.2. The van der Waals surface area contributed by atoms with E-state index in [-0.39, 0.29) is 5.91 Å². The topological polar surface area (TPSA) is 58.4 Å². The summed E-state index contributed by atoms with van der Waals surface area (Å²) in [6.07, 6.45) is 0.312. The number of rotatable bonds is 6. The standard InChI is InChI=1S/C17H21N3O/c1-2-20(16-6-4-3-5-7-16)13-15-10-8-14(9-11-15)12-17(21)19-18/h3-11H,2,12-13,18H2,1H3,(H,19,21). The summed E-state index contributed by atoms with van der Waals surface area (Å²) in [4.78, 5) is 13.5. The second-order valence-corrected chi connectivity index (χ2v) is 4.91. The number of carbonyl (C=O) groups excluding carboxylic acids is 1. The summed E-state index contributed by atoms with van der Waals surface area (Å²) in [5.41, 5.74) is 5.54. The van der Waals surface area contributed by atoms with E-state index in [1.807, 2.05) is 30.3 Å². The highest BCUT2D eigenvalue weighted by atomic mass is 16.2. The first-order valence-electron chi connectivity index (χ1n) is 7.10. The molecule has 0 spiro atoms. The Morgan fingerprint density at radius 3 is 2.24 bits per heavy atom. The van der Waals surface area contributed by atoms with Gasteiger partial charge in [-0.05, 0) is 30.2 Å². The van der Waals surface area contributed by atoms with Crippen LogP contribution in [0.25, 0.3) is 0 Å². The first-order chi connectivity index (χ1) is 10.2. The van der Waals surface area contributed by atoms with E-state index in [0.717, 1.165) is 18.7 Å². The van der Waals surface area contributed by atoms with Crippen molar-refractivity contribution in [2.75, 3.05) is 11.4 Å². The monoisotopic (exact) mass is 283 g/mol. The van der Waals surface area contributed by atoms with Gasteiger partial charge in [-0.2, -0.15) is 0 Å². The lowest BCUT2D eigenvalue weighted by Crippen LogP contribution is -2.31. The number of anilines is 1. The largest absolute Gasteiger partial charge is 0.367 e. The lowest BCUT2D eigenvalue weighted by Gasteiger charge is -2.23. The van der Waals surface area contributed by atoms with Crippen LogP contribution in [-0.2, 0) is 17.8 Å². The molecule has 0 saturated carbocycles. The fourth-order valence-electron chi connectivity index (χ4n) is 2.24. The normalized spacial score (nSPS) is 10.2. The Bertz CT molecular complexity index is 566. The van der Waals surface area contributed by atoms with Gasteiger partial charge in [-0.25, -0.2) is 5.84 Å². The molecule has 0 unspecified atom stereocenters. The third-order valence-corrected chi connectivity index (χ3v) is 3.43. The van der Waals surface area contributed by atoms with Gasteiger partial charge in [0.25, 0.3) is 0 Å². The number of hydrazine groups is 1. The molecule has 0 saturated heterocycles. The molecule has 4 nitrogen and oxygen atoms in total. The number of nitrogens with two attached hydrogens (primary N) is 1. The molecule has 0 heterocycles. The Kier molecular flexibility index (Phi) is 5.35. The predicted molar refractivity (Wildman–Crippen MR) is 85.6 cm³/mol. The van der Waals surface area contributed by atoms with E-state index in [9.17, 15) is 4.79 Å². The first kappa shape index (κ1) is 15.1. The van der Waals surface area contributed by atoms with Crippen molar-refractivity contribution in [2.45, 2.75) is 19.9 Å². The zero-order chi connectivity index (χ0) is 15.1. The van der Waals surface area contributed by atoms with Crippen LogP contribution >= 0.6 is 0 Å². The molecule has 2 aromatic carbocycles.